The van der Waals surface area contributed by atoms with Gasteiger partial charge in [-0.1, -0.05) is 0 Å². The van der Waals surface area contributed by atoms with Crippen molar-refractivity contribution in [2.24, 2.45) is 0 Å². The van der Waals surface area contributed by atoms with Gasteiger partial charge in [0.2, 0.25) is 0 Å². The zero-order chi connectivity index (χ0) is 33.8. The molecule has 3 aromatic rings. The first kappa shape index (κ1) is 34.3. The van der Waals surface area contributed by atoms with Crippen LogP contribution in [0.4, 0.5) is 31.1 Å². The van der Waals surface area contributed by atoms with E-state index in [9.17, 15) is 35.9 Å². The molecule has 248 valence electrons. The molecular weight excluding hydrogens is 719 g/mol. The standard InChI is InChI=1S/C31H30F6N3O3.2CH3.Sn/c1-29(2,3)43-28(42)40-16-20(25-9-4-5-10-26(25)40)14-24-17-38-11-7-6-8-23(38)18-39(24)27(41)19-12-21(30(32,33)34)15-22(13-19)31(35,36)37;;;/h4-6,9-10,12-13,15-16,23-24H,8,11,14,17-18H2,1-3H3;2*1H3;/q;;;-1/t23-,24-;;;/m1.../s1. The van der Waals surface area contributed by atoms with E-state index >= 15 is 0 Å². The Morgan fingerprint density at radius 1 is 0.935 bits per heavy atom. The number of fused-ring (bicyclic) bond motifs is 2. The Labute approximate surface area is 270 Å². The molecule has 0 unspecified atom stereocenters. The molecule has 1 fully saturated rings. The van der Waals surface area contributed by atoms with E-state index in [1.165, 1.54) is 13.1 Å². The minimum atomic E-state index is -5.08. The summed E-state index contributed by atoms with van der Waals surface area (Å²) < 4.78 is 90.7. The summed E-state index contributed by atoms with van der Waals surface area (Å²) in [6.45, 7) is 6.50. The Morgan fingerprint density at radius 3 is 2.15 bits per heavy atom. The molecule has 0 bridgehead atoms. The van der Waals surface area contributed by atoms with Gasteiger partial charge in [0.05, 0.1) is 0 Å². The normalized spacial score (nSPS) is 19.5. The average molecular weight is 755 g/mol. The molecule has 2 atom stereocenters. The van der Waals surface area contributed by atoms with Gasteiger partial charge >= 0.3 is 251 Å². The second kappa shape index (κ2) is 12.6. The number of amides is 1. The van der Waals surface area contributed by atoms with Gasteiger partial charge in [0.15, 0.2) is 0 Å². The summed E-state index contributed by atoms with van der Waals surface area (Å²) in [4.78, 5) is 35.4. The fourth-order valence-corrected chi connectivity index (χ4v) is 9.13. The van der Waals surface area contributed by atoms with Gasteiger partial charge in [0, 0.05) is 0 Å². The van der Waals surface area contributed by atoms with E-state index in [2.05, 4.69) is 20.9 Å². The molecule has 0 spiro atoms. The molecule has 13 heteroatoms. The second-order valence-electron chi connectivity index (χ2n) is 13.2. The van der Waals surface area contributed by atoms with Crippen molar-refractivity contribution in [2.45, 2.75) is 73.5 Å². The van der Waals surface area contributed by atoms with Crippen molar-refractivity contribution in [3.05, 3.63) is 80.6 Å². The van der Waals surface area contributed by atoms with Crippen LogP contribution in [0.2, 0.25) is 9.88 Å². The Balaban J connectivity index is 1.56. The number of ether oxygens (including phenoxy) is 1. The molecule has 1 saturated heterocycles. The summed E-state index contributed by atoms with van der Waals surface area (Å²) in [7, 11) is 0. The van der Waals surface area contributed by atoms with Gasteiger partial charge in [-0.2, -0.15) is 0 Å². The number of carbonyl (C=O) groups is 2. The molecule has 0 radical (unpaired) electrons. The van der Waals surface area contributed by atoms with Crippen LogP contribution in [0.1, 0.15) is 54.2 Å². The monoisotopic (exact) mass is 756 g/mol. The van der Waals surface area contributed by atoms with Gasteiger partial charge in [-0.25, -0.2) is 0 Å². The predicted octanol–water partition coefficient (Wildman–Crippen LogP) is 7.82. The van der Waals surface area contributed by atoms with Gasteiger partial charge in [0.25, 0.3) is 0 Å². The van der Waals surface area contributed by atoms with Gasteiger partial charge in [-0.3, -0.25) is 0 Å². The maximum absolute atomic E-state index is 14.0. The quantitative estimate of drug-likeness (QED) is 0.202. The molecule has 1 aromatic heterocycles. The molecule has 0 N–H and O–H groups in total. The molecular formula is C33H36F6N3O3Sn-. The molecule has 6 nitrogen and oxygen atoms in total. The summed E-state index contributed by atoms with van der Waals surface area (Å²) >= 11 is -1.71. The molecule has 1 amide bonds. The van der Waals surface area contributed by atoms with E-state index in [4.69, 9.17) is 4.74 Å². The number of rotatable bonds is 4. The Bertz CT molecular complexity index is 1640. The van der Waals surface area contributed by atoms with Crippen LogP contribution in [0.3, 0.4) is 0 Å². The van der Waals surface area contributed by atoms with Crippen molar-refractivity contribution in [3.63, 3.8) is 0 Å². The molecule has 3 heterocycles. The van der Waals surface area contributed by atoms with E-state index in [1.54, 1.807) is 39.1 Å². The number of hydrogen-bond acceptors (Lipinski definition) is 4. The van der Waals surface area contributed by atoms with Crippen molar-refractivity contribution < 1.29 is 40.7 Å². The van der Waals surface area contributed by atoms with Gasteiger partial charge < -0.3 is 0 Å². The minimum absolute atomic E-state index is 0.0304. The fourth-order valence-electron chi connectivity index (χ4n) is 6.15. The van der Waals surface area contributed by atoms with Crippen LogP contribution in [-0.4, -0.2) is 83.4 Å². The Hall–Kier alpha value is -3.00. The van der Waals surface area contributed by atoms with Gasteiger partial charge in [0.1, 0.15) is 0 Å². The van der Waals surface area contributed by atoms with Crippen LogP contribution in [0, 0.1) is 0 Å². The number of nitrogens with zero attached hydrogens (tertiary/aromatic N) is 3. The summed E-state index contributed by atoms with van der Waals surface area (Å²) in [5.74, 6) is -0.894. The van der Waals surface area contributed by atoms with Gasteiger partial charge in [-0.05, 0) is 20.8 Å². The Kier molecular flexibility index (Phi) is 9.37. The van der Waals surface area contributed by atoms with Crippen LogP contribution in [0.5, 0.6) is 0 Å². The molecule has 2 aliphatic rings. The number of halogens is 6. The fraction of sp³-hybridized carbons (Fsp3) is 0.455. The Morgan fingerprint density at radius 2 is 1.57 bits per heavy atom. The summed E-state index contributed by atoms with van der Waals surface area (Å²) in [6.07, 6.45) is -6.05. The van der Waals surface area contributed by atoms with Crippen molar-refractivity contribution in [2.75, 3.05) is 19.6 Å². The number of aromatic nitrogens is 1. The first-order valence-electron chi connectivity index (χ1n) is 15.0. The van der Waals surface area contributed by atoms with Crippen LogP contribution in [0.15, 0.2) is 58.3 Å². The summed E-state index contributed by atoms with van der Waals surface area (Å²) in [6, 6.07) is 7.50. The van der Waals surface area contributed by atoms with Crippen molar-refractivity contribution in [1.82, 2.24) is 14.4 Å². The van der Waals surface area contributed by atoms with Crippen molar-refractivity contribution >= 4 is 42.7 Å². The molecule has 0 aliphatic carbocycles. The SMILES string of the molecule is [CH3][Sn-]([CH3])[C]1=CC[C@@H]2CN(C(=O)c3cc(C(F)(F)F)cc(C(F)(F)F)c3)[C@H](Cc3cn(C(=O)OC(C)(C)C)c4ccccc34)CN2C1. The molecule has 2 aromatic carbocycles. The zero-order valence-electron chi connectivity index (χ0n) is 26.2. The summed E-state index contributed by atoms with van der Waals surface area (Å²) in [5.41, 5.74) is -3.20. The molecule has 46 heavy (non-hydrogen) atoms. The number of carbonyl (C=O) groups excluding carboxylic acids is 2. The number of hydrogen-bond donors (Lipinski definition) is 0. The number of benzene rings is 2. The van der Waals surface area contributed by atoms with E-state index in [-0.39, 0.29) is 25.1 Å². The average Bonchev–Trinajstić information content (AvgIpc) is 3.32. The number of piperazine rings is 1. The number of para-hydroxylation sites is 1. The van der Waals surface area contributed by atoms with Crippen LogP contribution in [-0.2, 0) is 23.5 Å². The first-order valence-corrected chi connectivity index (χ1v) is 22.1. The second-order valence-corrected chi connectivity index (χ2v) is 20.7. The predicted molar refractivity (Wildman–Crippen MR) is 164 cm³/mol. The van der Waals surface area contributed by atoms with Crippen molar-refractivity contribution in [1.29, 1.82) is 0 Å². The third-order valence-electron chi connectivity index (χ3n) is 8.40. The number of alkyl halides is 6. The summed E-state index contributed by atoms with van der Waals surface area (Å²) in [5, 5.41) is 0.734. The maximum atomic E-state index is 14.0. The topological polar surface area (TPSA) is 54.8 Å². The van der Waals surface area contributed by atoms with E-state index < -0.39 is 72.4 Å². The third-order valence-corrected chi connectivity index (χ3v) is 13.1. The molecule has 5 rings (SSSR count). The van der Waals surface area contributed by atoms with E-state index in [0.717, 1.165) is 11.9 Å². The molecule has 2 aliphatic heterocycles. The molecule has 0 saturated carbocycles. The van der Waals surface area contributed by atoms with Crippen molar-refractivity contribution in [3.8, 4) is 0 Å². The van der Waals surface area contributed by atoms with Crippen LogP contribution in [0.25, 0.3) is 10.9 Å². The third kappa shape index (κ3) is 7.42. The van der Waals surface area contributed by atoms with Crippen LogP contribution >= 0.6 is 0 Å². The van der Waals surface area contributed by atoms with E-state index in [0.29, 0.717) is 36.2 Å². The zero-order valence-corrected chi connectivity index (χ0v) is 29.1. The van der Waals surface area contributed by atoms with Crippen LogP contribution < -0.4 is 0 Å². The first-order chi connectivity index (χ1) is 21.3. The van der Waals surface area contributed by atoms with Gasteiger partial charge in [-0.15, -0.1) is 0 Å². The van der Waals surface area contributed by atoms with E-state index in [1.807, 2.05) is 12.1 Å².